The van der Waals surface area contributed by atoms with E-state index in [1.807, 2.05) is 53.6 Å². The molecule has 3 rings (SSSR count). The van der Waals surface area contributed by atoms with E-state index in [1.165, 1.54) is 27.9 Å². The Kier molecular flexibility index (Phi) is 18.4. The SMILES string of the molecule is CC[C@H]1OC(=O)[C@H](C)[C@@H](O[C@H]2C[C@@](C)(OC)[C@@H](OC(C)=O)[C@H](C)O2)[C@H](C)[C@@H](O[C@@H]2O[C@H](C)C[C@H](N(C)C)[C@H]2OC(C)=O)[C@@H](C)C[C@@H](C)CN(CO)[C@H](C)[C@@H](O)[C@]1(C)O. The third-order valence-electron chi connectivity index (χ3n) is 12.8. The number of hydrogen-bond donors (Lipinski definition) is 3. The Balaban J connectivity index is 2.21. The van der Waals surface area contributed by atoms with Crippen molar-refractivity contribution in [1.29, 1.82) is 0 Å². The molecule has 0 amide bonds. The van der Waals surface area contributed by atoms with Crippen molar-refractivity contribution in [2.75, 3.05) is 34.5 Å². The summed E-state index contributed by atoms with van der Waals surface area (Å²) >= 11 is 0. The number of methoxy groups -OCH3 is 1. The van der Waals surface area contributed by atoms with Crippen LogP contribution in [0.5, 0.6) is 0 Å². The number of nitrogens with zero attached hydrogens (tertiary/aromatic N) is 2. The zero-order valence-corrected chi connectivity index (χ0v) is 37.7. The largest absolute Gasteiger partial charge is 0.459 e. The predicted octanol–water partition coefficient (Wildman–Crippen LogP) is 3.25. The molecule has 3 saturated heterocycles. The molecule has 0 aliphatic carbocycles. The molecule has 16 heteroatoms. The van der Waals surface area contributed by atoms with E-state index in [-0.39, 0.29) is 43.6 Å². The lowest BCUT2D eigenvalue weighted by atomic mass is 9.80. The average Bonchev–Trinajstić information content (AvgIpc) is 3.14. The van der Waals surface area contributed by atoms with Gasteiger partial charge in [0.1, 0.15) is 23.4 Å². The Labute approximate surface area is 346 Å². The molecule has 18 atom stereocenters. The van der Waals surface area contributed by atoms with Crippen LogP contribution in [0.2, 0.25) is 0 Å². The van der Waals surface area contributed by atoms with Crippen molar-refractivity contribution < 1.29 is 67.6 Å². The Morgan fingerprint density at radius 2 is 1.55 bits per heavy atom. The molecule has 0 aromatic heterocycles. The smallest absolute Gasteiger partial charge is 0.311 e. The van der Waals surface area contributed by atoms with Gasteiger partial charge in [0.25, 0.3) is 0 Å². The Hall–Kier alpha value is -1.99. The van der Waals surface area contributed by atoms with Crippen LogP contribution in [0.25, 0.3) is 0 Å². The summed E-state index contributed by atoms with van der Waals surface area (Å²) in [5.41, 5.74) is -2.90. The zero-order valence-electron chi connectivity index (χ0n) is 37.7. The molecule has 16 nitrogen and oxygen atoms in total. The highest BCUT2D eigenvalue weighted by Crippen LogP contribution is 2.40. The fourth-order valence-electron chi connectivity index (χ4n) is 9.40. The molecule has 0 aromatic rings. The highest BCUT2D eigenvalue weighted by molar-refractivity contribution is 5.73. The first kappa shape index (κ1) is 50.4. The van der Waals surface area contributed by atoms with Crippen LogP contribution in [0, 0.1) is 23.7 Å². The van der Waals surface area contributed by atoms with Crippen molar-refractivity contribution in [2.45, 2.75) is 193 Å². The summed E-state index contributed by atoms with van der Waals surface area (Å²) in [5, 5.41) is 33.9. The van der Waals surface area contributed by atoms with E-state index in [0.29, 0.717) is 19.4 Å². The van der Waals surface area contributed by atoms with Crippen LogP contribution in [0.15, 0.2) is 0 Å². The van der Waals surface area contributed by atoms with E-state index in [0.717, 1.165) is 0 Å². The number of likely N-dealkylation sites (N-methyl/N-ethyl adjacent to an activating group) is 1. The standard InChI is InChI=1S/C42H76N2O14/c1-16-32-42(12,50)37(48)27(7)44(21-45)20-22(2)17-23(3)34(58-40-36(54-29(9)46)31(43(13)14)18-24(4)52-40)25(5)35(26(6)39(49)56-32)57-33-19-41(11,51-15)38(28(8)53-33)55-30(10)47/h22-28,31-38,40,45,48,50H,16-21H2,1-15H3/t22-,23+,24-,25-,26-,27-,28+,31+,32-,33+,34+,35+,36-,37-,38+,40+,41-,42-/m1/s1. The van der Waals surface area contributed by atoms with E-state index < -0.39 is 102 Å². The third kappa shape index (κ3) is 12.1. The highest BCUT2D eigenvalue weighted by atomic mass is 16.7. The summed E-state index contributed by atoms with van der Waals surface area (Å²) in [7, 11) is 5.36. The number of aliphatic hydroxyl groups is 3. The molecule has 0 aromatic carbocycles. The first-order valence-corrected chi connectivity index (χ1v) is 21.1. The first-order chi connectivity index (χ1) is 26.9. The van der Waals surface area contributed by atoms with Gasteiger partial charge in [-0.2, -0.15) is 0 Å². The molecule has 0 saturated carbocycles. The molecule has 0 bridgehead atoms. The van der Waals surface area contributed by atoms with Gasteiger partial charge in [-0.3, -0.25) is 19.3 Å². The van der Waals surface area contributed by atoms with Crippen LogP contribution in [-0.4, -0.2) is 162 Å². The summed E-state index contributed by atoms with van der Waals surface area (Å²) < 4.78 is 50.3. The minimum atomic E-state index is -1.89. The molecule has 338 valence electrons. The van der Waals surface area contributed by atoms with Crippen molar-refractivity contribution in [1.82, 2.24) is 9.80 Å². The summed E-state index contributed by atoms with van der Waals surface area (Å²) in [4.78, 5) is 42.7. The number of ether oxygens (including phenoxy) is 8. The van der Waals surface area contributed by atoms with Crippen LogP contribution in [-0.2, 0) is 52.3 Å². The van der Waals surface area contributed by atoms with Gasteiger partial charge in [-0.15, -0.1) is 0 Å². The number of carbonyl (C=O) groups is 3. The molecule has 3 fully saturated rings. The fourth-order valence-corrected chi connectivity index (χ4v) is 9.40. The van der Waals surface area contributed by atoms with Crippen LogP contribution < -0.4 is 0 Å². The highest BCUT2D eigenvalue weighted by Gasteiger charge is 2.52. The molecule has 3 N–H and O–H groups in total. The second-order valence-electron chi connectivity index (χ2n) is 18.0. The molecule has 0 spiro atoms. The molecule has 0 unspecified atom stereocenters. The van der Waals surface area contributed by atoms with Crippen molar-refractivity contribution in [3.63, 3.8) is 0 Å². The maximum atomic E-state index is 14.4. The van der Waals surface area contributed by atoms with Crippen LogP contribution in [0.1, 0.15) is 109 Å². The summed E-state index contributed by atoms with van der Waals surface area (Å²) in [6.07, 6.45) is -6.98. The Morgan fingerprint density at radius 1 is 0.931 bits per heavy atom. The van der Waals surface area contributed by atoms with Gasteiger partial charge in [0.2, 0.25) is 0 Å². The zero-order chi connectivity index (χ0) is 44.0. The summed E-state index contributed by atoms with van der Waals surface area (Å²) in [6, 6.07) is -0.930. The Bertz CT molecular complexity index is 1340. The molecule has 3 heterocycles. The number of hydrogen-bond acceptors (Lipinski definition) is 16. The van der Waals surface area contributed by atoms with E-state index in [1.54, 1.807) is 32.6 Å². The second kappa shape index (κ2) is 21.2. The molecule has 0 radical (unpaired) electrons. The monoisotopic (exact) mass is 833 g/mol. The van der Waals surface area contributed by atoms with Gasteiger partial charge < -0.3 is 58.1 Å². The summed E-state index contributed by atoms with van der Waals surface area (Å²) in [5.74, 6) is -3.49. The minimum Gasteiger partial charge on any atom is -0.459 e. The molecule has 3 aliphatic rings. The molecular weight excluding hydrogens is 756 g/mol. The normalized spacial score (nSPS) is 44.2. The van der Waals surface area contributed by atoms with Gasteiger partial charge in [-0.05, 0) is 86.7 Å². The van der Waals surface area contributed by atoms with Crippen molar-refractivity contribution in [2.24, 2.45) is 23.7 Å². The maximum absolute atomic E-state index is 14.4. The van der Waals surface area contributed by atoms with Gasteiger partial charge >= 0.3 is 17.9 Å². The third-order valence-corrected chi connectivity index (χ3v) is 12.8. The van der Waals surface area contributed by atoms with E-state index in [4.69, 9.17) is 37.9 Å². The van der Waals surface area contributed by atoms with Crippen molar-refractivity contribution >= 4 is 17.9 Å². The average molecular weight is 833 g/mol. The number of carbonyl (C=O) groups excluding carboxylic acids is 3. The van der Waals surface area contributed by atoms with Crippen LogP contribution in [0.4, 0.5) is 0 Å². The van der Waals surface area contributed by atoms with E-state index in [9.17, 15) is 29.7 Å². The van der Waals surface area contributed by atoms with E-state index >= 15 is 0 Å². The van der Waals surface area contributed by atoms with Crippen molar-refractivity contribution in [3.05, 3.63) is 0 Å². The topological polar surface area (TPSA) is 192 Å². The maximum Gasteiger partial charge on any atom is 0.311 e. The molecular formula is C42H76N2O14. The number of aliphatic hydroxyl groups excluding tert-OH is 2. The minimum absolute atomic E-state index is 0.0602. The number of esters is 3. The van der Waals surface area contributed by atoms with Gasteiger partial charge in [0.15, 0.2) is 24.8 Å². The van der Waals surface area contributed by atoms with Crippen LogP contribution in [0.3, 0.4) is 0 Å². The van der Waals surface area contributed by atoms with E-state index in [2.05, 4.69) is 0 Å². The Morgan fingerprint density at radius 3 is 2.09 bits per heavy atom. The lowest BCUT2D eigenvalue weighted by Crippen LogP contribution is -2.60. The quantitative estimate of drug-likeness (QED) is 0.215. The van der Waals surface area contributed by atoms with Gasteiger partial charge in [-0.1, -0.05) is 27.7 Å². The number of cyclic esters (lactones) is 1. The van der Waals surface area contributed by atoms with Crippen LogP contribution >= 0.6 is 0 Å². The van der Waals surface area contributed by atoms with Gasteiger partial charge in [-0.25, -0.2) is 0 Å². The molecule has 3 aliphatic heterocycles. The second-order valence-corrected chi connectivity index (χ2v) is 18.0. The molecule has 58 heavy (non-hydrogen) atoms. The van der Waals surface area contributed by atoms with Gasteiger partial charge in [0.05, 0.1) is 43.1 Å². The summed E-state index contributed by atoms with van der Waals surface area (Å²) in [6.45, 7) is 20.8. The fraction of sp³-hybridized carbons (Fsp3) is 0.929. The lowest BCUT2D eigenvalue weighted by Gasteiger charge is -2.48. The van der Waals surface area contributed by atoms with Gasteiger partial charge in [0, 0.05) is 45.9 Å². The predicted molar refractivity (Wildman–Crippen MR) is 213 cm³/mol. The lowest BCUT2D eigenvalue weighted by molar-refractivity contribution is -0.311. The first-order valence-electron chi connectivity index (χ1n) is 21.1. The van der Waals surface area contributed by atoms with Crippen molar-refractivity contribution in [3.8, 4) is 0 Å². The number of rotatable bonds is 10.